The predicted octanol–water partition coefficient (Wildman–Crippen LogP) is 0.976. The van der Waals surface area contributed by atoms with Crippen molar-refractivity contribution in [3.63, 3.8) is 0 Å². The van der Waals surface area contributed by atoms with Crippen LogP contribution in [0.2, 0.25) is 0 Å². The summed E-state index contributed by atoms with van der Waals surface area (Å²) in [6.07, 6.45) is 6.87. The highest BCUT2D eigenvalue weighted by Gasteiger charge is 2.15. The number of hydrogen-bond donors (Lipinski definition) is 2. The molecule has 2 rings (SSSR count). The van der Waals surface area contributed by atoms with Crippen molar-refractivity contribution in [2.75, 3.05) is 32.7 Å². The first-order valence-electron chi connectivity index (χ1n) is 6.14. The SMILES string of the molecule is C1CCN(NCC2CCNCC2)CC1. The molecule has 2 aliphatic heterocycles. The summed E-state index contributed by atoms with van der Waals surface area (Å²) in [5.74, 6) is 0.901. The third-order valence-corrected chi connectivity index (χ3v) is 3.42. The molecule has 0 aromatic carbocycles. The van der Waals surface area contributed by atoms with Crippen molar-refractivity contribution in [1.82, 2.24) is 15.8 Å². The van der Waals surface area contributed by atoms with Gasteiger partial charge in [0.2, 0.25) is 0 Å². The van der Waals surface area contributed by atoms with Gasteiger partial charge in [-0.05, 0) is 44.7 Å². The molecule has 0 unspecified atom stereocenters. The molecule has 0 aromatic rings. The zero-order chi connectivity index (χ0) is 9.64. The summed E-state index contributed by atoms with van der Waals surface area (Å²) >= 11 is 0. The first kappa shape index (κ1) is 10.4. The Bertz CT molecular complexity index is 131. The molecular formula is C11H23N3. The summed E-state index contributed by atoms with van der Waals surface area (Å²) in [7, 11) is 0. The zero-order valence-electron chi connectivity index (χ0n) is 9.10. The Kier molecular flexibility index (Phi) is 4.22. The second kappa shape index (κ2) is 5.69. The molecular weight excluding hydrogens is 174 g/mol. The van der Waals surface area contributed by atoms with Crippen LogP contribution in [0.1, 0.15) is 32.1 Å². The lowest BCUT2D eigenvalue weighted by molar-refractivity contribution is 0.137. The molecule has 0 atom stereocenters. The maximum Gasteiger partial charge on any atom is 0.0131 e. The van der Waals surface area contributed by atoms with Crippen LogP contribution in [0, 0.1) is 5.92 Å². The van der Waals surface area contributed by atoms with Gasteiger partial charge in [-0.2, -0.15) is 0 Å². The van der Waals surface area contributed by atoms with E-state index in [9.17, 15) is 0 Å². The van der Waals surface area contributed by atoms with E-state index in [1.807, 2.05) is 0 Å². The summed E-state index contributed by atoms with van der Waals surface area (Å²) < 4.78 is 0. The van der Waals surface area contributed by atoms with Gasteiger partial charge < -0.3 is 5.32 Å². The minimum absolute atomic E-state index is 0.901. The minimum Gasteiger partial charge on any atom is -0.317 e. The van der Waals surface area contributed by atoms with Gasteiger partial charge in [0.1, 0.15) is 0 Å². The first-order chi connectivity index (χ1) is 6.95. The van der Waals surface area contributed by atoms with Crippen LogP contribution in [0.4, 0.5) is 0 Å². The lowest BCUT2D eigenvalue weighted by atomic mass is 9.98. The molecule has 3 heteroatoms. The molecule has 0 spiro atoms. The lowest BCUT2D eigenvalue weighted by Gasteiger charge is -2.30. The summed E-state index contributed by atoms with van der Waals surface area (Å²) in [5, 5.41) is 5.83. The molecule has 0 aromatic heterocycles. The van der Waals surface area contributed by atoms with Gasteiger partial charge in [0.25, 0.3) is 0 Å². The molecule has 2 N–H and O–H groups in total. The maximum absolute atomic E-state index is 3.60. The second-order valence-electron chi connectivity index (χ2n) is 4.60. The van der Waals surface area contributed by atoms with Crippen LogP contribution < -0.4 is 10.7 Å². The van der Waals surface area contributed by atoms with Gasteiger partial charge in [0.05, 0.1) is 0 Å². The number of hydrogen-bond acceptors (Lipinski definition) is 3. The first-order valence-corrected chi connectivity index (χ1v) is 6.14. The van der Waals surface area contributed by atoms with Gasteiger partial charge in [0.15, 0.2) is 0 Å². The fourth-order valence-electron chi connectivity index (χ4n) is 2.40. The average molecular weight is 197 g/mol. The largest absolute Gasteiger partial charge is 0.317 e. The van der Waals surface area contributed by atoms with E-state index in [0.29, 0.717) is 0 Å². The van der Waals surface area contributed by atoms with Crippen LogP contribution in [-0.4, -0.2) is 37.7 Å². The highest BCUT2D eigenvalue weighted by molar-refractivity contribution is 4.70. The van der Waals surface area contributed by atoms with Crippen molar-refractivity contribution in [1.29, 1.82) is 0 Å². The van der Waals surface area contributed by atoms with E-state index in [2.05, 4.69) is 15.8 Å². The molecule has 14 heavy (non-hydrogen) atoms. The van der Waals surface area contributed by atoms with Crippen molar-refractivity contribution in [3.05, 3.63) is 0 Å². The Labute approximate surface area is 87.2 Å². The zero-order valence-corrected chi connectivity index (χ0v) is 9.10. The third-order valence-electron chi connectivity index (χ3n) is 3.42. The topological polar surface area (TPSA) is 27.3 Å². The van der Waals surface area contributed by atoms with Crippen molar-refractivity contribution < 1.29 is 0 Å². The van der Waals surface area contributed by atoms with Crippen molar-refractivity contribution in [3.8, 4) is 0 Å². The summed E-state index contributed by atoms with van der Waals surface area (Å²) in [6.45, 7) is 6.14. The highest BCUT2D eigenvalue weighted by atomic mass is 15.5. The van der Waals surface area contributed by atoms with Crippen molar-refractivity contribution >= 4 is 0 Å². The summed E-state index contributed by atoms with van der Waals surface area (Å²) in [5.41, 5.74) is 3.60. The van der Waals surface area contributed by atoms with Gasteiger partial charge in [-0.3, -0.25) is 5.43 Å². The lowest BCUT2D eigenvalue weighted by Crippen LogP contribution is -2.45. The molecule has 0 saturated carbocycles. The predicted molar refractivity (Wildman–Crippen MR) is 59.0 cm³/mol. The molecule has 0 bridgehead atoms. The highest BCUT2D eigenvalue weighted by Crippen LogP contribution is 2.11. The fraction of sp³-hybridized carbons (Fsp3) is 1.00. The quantitative estimate of drug-likeness (QED) is 0.706. The van der Waals surface area contributed by atoms with E-state index in [4.69, 9.17) is 0 Å². The van der Waals surface area contributed by atoms with Crippen LogP contribution in [0.25, 0.3) is 0 Å². The van der Waals surface area contributed by atoms with E-state index >= 15 is 0 Å². The van der Waals surface area contributed by atoms with E-state index in [1.165, 1.54) is 64.8 Å². The van der Waals surface area contributed by atoms with E-state index in [-0.39, 0.29) is 0 Å². The smallest absolute Gasteiger partial charge is 0.0131 e. The maximum atomic E-state index is 3.60. The number of piperidine rings is 2. The molecule has 0 aliphatic carbocycles. The second-order valence-corrected chi connectivity index (χ2v) is 4.60. The normalized spacial score (nSPS) is 26.6. The third kappa shape index (κ3) is 3.23. The van der Waals surface area contributed by atoms with E-state index < -0.39 is 0 Å². The minimum atomic E-state index is 0.901. The van der Waals surface area contributed by atoms with Gasteiger partial charge in [0, 0.05) is 19.6 Å². The average Bonchev–Trinajstić information content (AvgIpc) is 2.29. The van der Waals surface area contributed by atoms with Gasteiger partial charge in [-0.25, -0.2) is 5.01 Å². The molecule has 2 aliphatic rings. The van der Waals surface area contributed by atoms with Crippen LogP contribution >= 0.6 is 0 Å². The fourth-order valence-corrected chi connectivity index (χ4v) is 2.40. The summed E-state index contributed by atoms with van der Waals surface area (Å²) in [4.78, 5) is 0. The number of nitrogens with zero attached hydrogens (tertiary/aromatic N) is 1. The number of rotatable bonds is 3. The summed E-state index contributed by atoms with van der Waals surface area (Å²) in [6, 6.07) is 0. The Morgan fingerprint density at radius 1 is 1.07 bits per heavy atom. The Balaban J connectivity index is 1.60. The molecule has 3 nitrogen and oxygen atoms in total. The Hall–Kier alpha value is -0.120. The van der Waals surface area contributed by atoms with Crippen molar-refractivity contribution in [2.45, 2.75) is 32.1 Å². The molecule has 0 amide bonds. The van der Waals surface area contributed by atoms with Crippen molar-refractivity contribution in [2.24, 2.45) is 5.92 Å². The van der Waals surface area contributed by atoms with Crippen LogP contribution in [0.15, 0.2) is 0 Å². The van der Waals surface area contributed by atoms with E-state index in [1.54, 1.807) is 0 Å². The molecule has 2 saturated heterocycles. The monoisotopic (exact) mass is 197 g/mol. The molecule has 82 valence electrons. The molecule has 2 heterocycles. The van der Waals surface area contributed by atoms with E-state index in [0.717, 1.165) is 5.92 Å². The molecule has 2 fully saturated rings. The van der Waals surface area contributed by atoms with Crippen LogP contribution in [-0.2, 0) is 0 Å². The Morgan fingerprint density at radius 3 is 2.50 bits per heavy atom. The number of nitrogens with one attached hydrogen (secondary N) is 2. The van der Waals surface area contributed by atoms with Crippen LogP contribution in [0.5, 0.6) is 0 Å². The van der Waals surface area contributed by atoms with Crippen LogP contribution in [0.3, 0.4) is 0 Å². The van der Waals surface area contributed by atoms with Gasteiger partial charge in [-0.1, -0.05) is 6.42 Å². The van der Waals surface area contributed by atoms with Gasteiger partial charge in [-0.15, -0.1) is 0 Å². The van der Waals surface area contributed by atoms with Gasteiger partial charge >= 0.3 is 0 Å². The Morgan fingerprint density at radius 2 is 1.79 bits per heavy atom. The molecule has 0 radical (unpaired) electrons. The standard InChI is InChI=1S/C11H23N3/c1-2-8-14(9-3-1)13-10-11-4-6-12-7-5-11/h11-13H,1-10H2. The number of hydrazine groups is 1.